The number of rotatable bonds is 16. The number of nitrogens with one attached hydrogen (secondary N) is 2. The zero-order valence-electron chi connectivity index (χ0n) is 52.0. The molecule has 0 radical (unpaired) electrons. The summed E-state index contributed by atoms with van der Waals surface area (Å²) in [6.45, 7) is 3.37. The van der Waals surface area contributed by atoms with E-state index in [0.717, 1.165) is 74.4 Å². The molecule has 22 heteroatoms. The van der Waals surface area contributed by atoms with Gasteiger partial charge in [0, 0.05) is 85.7 Å². The third-order valence-corrected chi connectivity index (χ3v) is 19.5. The Morgan fingerprint density at radius 2 is 0.830 bits per heavy atom. The van der Waals surface area contributed by atoms with E-state index in [2.05, 4.69) is 31.9 Å². The zero-order valence-corrected chi connectivity index (χ0v) is 52.0. The minimum Gasteiger partial charge on any atom is -0.497 e. The molecule has 2 N–H and O–H groups in total. The molecule has 4 fully saturated rings. The normalized spacial score (nSPS) is 26.1. The number of carbonyl (C=O) groups excluding carboxylic acids is 4. The van der Waals surface area contributed by atoms with E-state index in [0.29, 0.717) is 47.3 Å². The molecule has 4 aliphatic heterocycles. The molecule has 6 heterocycles. The largest absolute Gasteiger partial charge is 0.497 e. The second-order valence-electron chi connectivity index (χ2n) is 23.4. The lowest BCUT2D eigenvalue weighted by Crippen LogP contribution is -2.58. The van der Waals surface area contributed by atoms with Crippen LogP contribution in [0.15, 0.2) is 60.7 Å². The van der Waals surface area contributed by atoms with Crippen molar-refractivity contribution >= 4 is 45.7 Å². The van der Waals surface area contributed by atoms with Gasteiger partial charge < -0.3 is 76.3 Å². The Balaban J connectivity index is 0.000000182. The van der Waals surface area contributed by atoms with Crippen molar-refractivity contribution < 1.29 is 85.5 Å². The maximum Gasteiger partial charge on any atom is 0.338 e. The van der Waals surface area contributed by atoms with E-state index < -0.39 is 48.2 Å². The van der Waals surface area contributed by atoms with Gasteiger partial charge in [-0.1, -0.05) is 0 Å². The van der Waals surface area contributed by atoms with E-state index in [9.17, 15) is 19.2 Å². The molecule has 2 saturated heterocycles. The number of nitrogens with zero attached hydrogens (tertiary/aromatic N) is 2. The van der Waals surface area contributed by atoms with Crippen LogP contribution in [0.5, 0.6) is 46.0 Å². The molecule has 0 spiro atoms. The molecule has 0 unspecified atom stereocenters. The van der Waals surface area contributed by atoms with Crippen LogP contribution < -0.4 is 37.9 Å². The number of hydrogen-bond donors (Lipinski definition) is 2. The Hall–Kier alpha value is -7.92. The maximum atomic E-state index is 13.5. The van der Waals surface area contributed by atoms with Gasteiger partial charge in [-0.25, -0.2) is 9.59 Å². The predicted molar refractivity (Wildman–Crippen MR) is 321 cm³/mol. The number of ether oxygens (including phenoxy) is 14. The van der Waals surface area contributed by atoms with E-state index in [4.69, 9.17) is 66.3 Å². The predicted octanol–water partition coefficient (Wildman–Crippen LogP) is 8.34. The highest BCUT2D eigenvalue weighted by Crippen LogP contribution is 2.53. The second-order valence-corrected chi connectivity index (χ2v) is 23.4. The van der Waals surface area contributed by atoms with E-state index >= 15 is 0 Å². The average Bonchev–Trinajstić information content (AvgIpc) is 1.51. The van der Waals surface area contributed by atoms with Gasteiger partial charge in [-0.05, 0) is 122 Å². The van der Waals surface area contributed by atoms with Gasteiger partial charge in [0.15, 0.2) is 23.0 Å². The molecule has 4 aromatic carbocycles. The number of carbonyl (C=O) groups is 4. The summed E-state index contributed by atoms with van der Waals surface area (Å²) in [6.07, 6.45) is 1.84. The van der Waals surface area contributed by atoms with Gasteiger partial charge >= 0.3 is 23.9 Å². The monoisotopic (exact) mass is 1220 g/mol. The van der Waals surface area contributed by atoms with Crippen LogP contribution >= 0.6 is 0 Å². The van der Waals surface area contributed by atoms with Crippen LogP contribution in [0.4, 0.5) is 0 Å². The van der Waals surface area contributed by atoms with Crippen molar-refractivity contribution in [2.24, 2.45) is 35.5 Å². The first-order valence-corrected chi connectivity index (χ1v) is 29.8. The van der Waals surface area contributed by atoms with Crippen molar-refractivity contribution in [1.82, 2.24) is 19.8 Å². The lowest BCUT2D eigenvalue weighted by molar-refractivity contribution is -0.176. The number of fused-ring (bicyclic) bond motifs is 12. The van der Waals surface area contributed by atoms with Gasteiger partial charge in [-0.2, -0.15) is 0 Å². The maximum absolute atomic E-state index is 13.5. The molecule has 12 atom stereocenters. The van der Waals surface area contributed by atoms with Crippen LogP contribution in [0, 0.1) is 35.5 Å². The lowest BCUT2D eigenvalue weighted by atomic mass is 9.63. The van der Waals surface area contributed by atoms with E-state index in [1.165, 1.54) is 90.2 Å². The number of methoxy groups -OCH3 is 12. The molecular weight excluding hydrogens is 1140 g/mol. The van der Waals surface area contributed by atoms with Gasteiger partial charge in [0.1, 0.15) is 35.9 Å². The molecule has 12 rings (SSSR count). The van der Waals surface area contributed by atoms with Crippen LogP contribution in [0.3, 0.4) is 0 Å². The number of esters is 4. The molecule has 88 heavy (non-hydrogen) atoms. The van der Waals surface area contributed by atoms with Crippen LogP contribution in [0.2, 0.25) is 0 Å². The SMILES string of the molecule is COC(=O)[C@H]1[C@H]2C[C@@H]3c4[nH]c5cc(OC)ccc5c4CCN3C[C@H]2C[C@@H](OC(=O)c2cc(OC)c(OC)c(OC)c2)[C@@H]1OC.COC(=O)[C@H]1[C@H]2C[C@@H]3c4[nH]c5cc(OC)ccc5c4CCN3C[C@H]2C[C@@H](OC(=O)c2cc(OC)c(OC)c(OC)c2)[C@@H]1OC. The molecule has 0 amide bonds. The summed E-state index contributed by atoms with van der Waals surface area (Å²) in [5.74, 6) is 0.881. The first kappa shape index (κ1) is 61.7. The van der Waals surface area contributed by atoms with Crippen molar-refractivity contribution in [2.45, 2.75) is 75.0 Å². The molecule has 22 nitrogen and oxygen atoms in total. The minimum atomic E-state index is -0.670. The molecule has 6 aromatic rings. The fourth-order valence-electron chi connectivity index (χ4n) is 15.5. The van der Waals surface area contributed by atoms with E-state index in [-0.39, 0.29) is 58.8 Å². The third-order valence-electron chi connectivity index (χ3n) is 19.5. The molecule has 2 aliphatic carbocycles. The van der Waals surface area contributed by atoms with Crippen molar-refractivity contribution in [3.8, 4) is 46.0 Å². The van der Waals surface area contributed by atoms with Gasteiger partial charge in [0.05, 0.1) is 106 Å². The highest BCUT2D eigenvalue weighted by atomic mass is 16.6. The smallest absolute Gasteiger partial charge is 0.338 e. The summed E-state index contributed by atoms with van der Waals surface area (Å²) in [6, 6.07) is 18.8. The first-order valence-electron chi connectivity index (χ1n) is 29.8. The number of aromatic nitrogens is 2. The Labute approximate surface area is 511 Å². The second kappa shape index (κ2) is 26.0. The lowest BCUT2D eigenvalue weighted by Gasteiger charge is -2.52. The summed E-state index contributed by atoms with van der Waals surface area (Å²) in [5.41, 5.74) is 7.65. The van der Waals surface area contributed by atoms with Crippen molar-refractivity contribution in [2.75, 3.05) is 111 Å². The molecular formula is C66H80N4O18. The van der Waals surface area contributed by atoms with Gasteiger partial charge in [-0.3, -0.25) is 19.4 Å². The fraction of sp³-hybridized carbons (Fsp3) is 0.515. The molecule has 2 saturated carbocycles. The highest BCUT2D eigenvalue weighted by Gasteiger charge is 2.56. The van der Waals surface area contributed by atoms with Crippen molar-refractivity contribution in [3.63, 3.8) is 0 Å². The van der Waals surface area contributed by atoms with Crippen LogP contribution in [-0.4, -0.2) is 180 Å². The van der Waals surface area contributed by atoms with Crippen LogP contribution in [-0.2, 0) is 50.9 Å². The number of benzene rings is 4. The first-order chi connectivity index (χ1) is 42.7. The number of hydrogen-bond acceptors (Lipinski definition) is 20. The van der Waals surface area contributed by atoms with Crippen molar-refractivity contribution in [3.05, 3.63) is 94.3 Å². The molecule has 472 valence electrons. The summed E-state index contributed by atoms with van der Waals surface area (Å²) in [4.78, 5) is 66.3. The quantitative estimate of drug-likeness (QED) is 0.0684. The number of aromatic amines is 2. The number of H-pyrrole nitrogens is 2. The summed E-state index contributed by atoms with van der Waals surface area (Å²) >= 11 is 0. The Bertz CT molecular complexity index is 3280. The van der Waals surface area contributed by atoms with Crippen LogP contribution in [0.25, 0.3) is 21.8 Å². The van der Waals surface area contributed by atoms with Crippen molar-refractivity contribution in [1.29, 1.82) is 0 Å². The zero-order chi connectivity index (χ0) is 62.2. The van der Waals surface area contributed by atoms with Crippen LogP contribution in [0.1, 0.15) is 81.0 Å². The Kier molecular flexibility index (Phi) is 18.3. The fourth-order valence-corrected chi connectivity index (χ4v) is 15.5. The standard InChI is InChI=1S/2C33H40N2O9/c2*1-38-19-7-8-20-21-9-10-35-16-18-13-27(44-32(36)17-11-25(39-2)30(41-4)26(12-17)40-3)31(42-5)28(33(37)43-6)22(18)15-24(35)29(21)34-23(20)14-19/h2*7-8,11-12,14,18,22,24,27-28,31,34H,9-10,13,15-16H2,1-6H3/t2*18-,22+,24-,27-,28+,31+/m11/s1. The van der Waals surface area contributed by atoms with E-state index in [1.807, 2.05) is 24.3 Å². The topological polar surface area (TPSA) is 236 Å². The van der Waals surface area contributed by atoms with Gasteiger partial charge in [0.25, 0.3) is 0 Å². The summed E-state index contributed by atoms with van der Waals surface area (Å²) < 4.78 is 78.2. The Morgan fingerprint density at radius 3 is 1.15 bits per heavy atom. The third kappa shape index (κ3) is 11.1. The average molecular weight is 1220 g/mol. The van der Waals surface area contributed by atoms with Gasteiger partial charge in [-0.15, -0.1) is 0 Å². The Morgan fingerprint density at radius 1 is 0.455 bits per heavy atom. The molecule has 2 aromatic heterocycles. The summed E-state index contributed by atoms with van der Waals surface area (Å²) in [5, 5.41) is 2.42. The van der Waals surface area contributed by atoms with Gasteiger partial charge in [0.2, 0.25) is 11.5 Å². The molecule has 6 aliphatic rings. The summed E-state index contributed by atoms with van der Waals surface area (Å²) in [7, 11) is 18.2. The molecule has 0 bridgehead atoms. The number of piperidine rings is 2. The van der Waals surface area contributed by atoms with E-state index in [1.54, 1.807) is 52.7 Å². The highest BCUT2D eigenvalue weighted by molar-refractivity contribution is 5.93. The minimum absolute atomic E-state index is 0.0170.